The van der Waals surface area contributed by atoms with E-state index >= 15 is 0 Å². The van der Waals surface area contributed by atoms with E-state index in [1.165, 1.54) is 6.07 Å². The molecule has 7 heteroatoms. The number of hydrogen-bond acceptors (Lipinski definition) is 4. The molecule has 1 aromatic carbocycles. The number of carbonyl (C=O) groups is 1. The summed E-state index contributed by atoms with van der Waals surface area (Å²) in [6, 6.07) is 2.98. The van der Waals surface area contributed by atoms with Gasteiger partial charge in [-0.25, -0.2) is 8.78 Å². The maximum Gasteiger partial charge on any atom is 0.274 e. The third-order valence-electron chi connectivity index (χ3n) is 2.60. The van der Waals surface area contributed by atoms with Gasteiger partial charge in [-0.2, -0.15) is 0 Å². The van der Waals surface area contributed by atoms with Gasteiger partial charge in [0.2, 0.25) is 0 Å². The van der Waals surface area contributed by atoms with Gasteiger partial charge in [0.05, 0.1) is 12.3 Å². The van der Waals surface area contributed by atoms with Crippen molar-refractivity contribution in [1.82, 2.24) is 0 Å². The highest BCUT2D eigenvalue weighted by atomic mass is 32.2. The van der Waals surface area contributed by atoms with Crippen LogP contribution in [0.4, 0.5) is 14.5 Å². The molecule has 0 N–H and O–H groups in total. The van der Waals surface area contributed by atoms with Crippen LogP contribution in [-0.4, -0.2) is 16.8 Å². The largest absolute Gasteiger partial charge is 0.497 e. The fraction of sp³-hybridized carbons (Fsp3) is 0.231. The van der Waals surface area contributed by atoms with Gasteiger partial charge in [-0.3, -0.25) is 9.69 Å². The van der Waals surface area contributed by atoms with Gasteiger partial charge in [-0.15, -0.1) is 0 Å². The molecule has 3 nitrogen and oxygen atoms in total. The number of allylic oxidation sites excluding steroid dienone is 1. The van der Waals surface area contributed by atoms with Gasteiger partial charge in [0.25, 0.3) is 5.91 Å². The van der Waals surface area contributed by atoms with Crippen molar-refractivity contribution in [3.63, 3.8) is 0 Å². The smallest absolute Gasteiger partial charge is 0.274 e. The molecule has 0 saturated carbocycles. The molecule has 1 saturated heterocycles. The van der Waals surface area contributed by atoms with Gasteiger partial charge in [0.15, 0.2) is 4.32 Å². The van der Waals surface area contributed by atoms with Gasteiger partial charge in [0, 0.05) is 6.07 Å². The van der Waals surface area contributed by atoms with Crippen molar-refractivity contribution in [2.24, 2.45) is 0 Å². The van der Waals surface area contributed by atoms with Crippen LogP contribution in [0.3, 0.4) is 0 Å². The molecule has 1 heterocycles. The highest BCUT2D eigenvalue weighted by Crippen LogP contribution is 2.37. The first-order valence-electron chi connectivity index (χ1n) is 5.80. The van der Waals surface area contributed by atoms with Gasteiger partial charge >= 0.3 is 0 Å². The summed E-state index contributed by atoms with van der Waals surface area (Å²) in [5, 5.41) is 0. The number of nitrogens with zero attached hydrogens (tertiary/aromatic N) is 1. The van der Waals surface area contributed by atoms with E-state index in [4.69, 9.17) is 17.0 Å². The zero-order chi connectivity index (χ0) is 14.9. The predicted molar refractivity (Wildman–Crippen MR) is 78.4 cm³/mol. The van der Waals surface area contributed by atoms with Crippen LogP contribution in [0.1, 0.15) is 13.8 Å². The maximum absolute atomic E-state index is 13.8. The Hall–Kier alpha value is -1.47. The lowest BCUT2D eigenvalue weighted by Crippen LogP contribution is -2.28. The number of amides is 1. The normalized spacial score (nSPS) is 17.7. The van der Waals surface area contributed by atoms with Crippen molar-refractivity contribution >= 4 is 39.9 Å². The molecule has 1 fully saturated rings. The zero-order valence-electron chi connectivity index (χ0n) is 10.8. The third-order valence-corrected chi connectivity index (χ3v) is 4.06. The summed E-state index contributed by atoms with van der Waals surface area (Å²) in [5.74, 6) is -1.57. The topological polar surface area (TPSA) is 29.5 Å². The summed E-state index contributed by atoms with van der Waals surface area (Å²) in [4.78, 5) is 13.7. The molecule has 0 atom stereocenters. The first kappa shape index (κ1) is 14.9. The highest BCUT2D eigenvalue weighted by Gasteiger charge is 2.36. The average Bonchev–Trinajstić information content (AvgIpc) is 2.66. The third kappa shape index (κ3) is 2.69. The molecule has 1 aliphatic heterocycles. The van der Waals surface area contributed by atoms with E-state index in [9.17, 15) is 13.6 Å². The Morgan fingerprint density at radius 1 is 1.45 bits per heavy atom. The molecule has 0 unspecified atom stereocenters. The molecule has 0 radical (unpaired) electrons. The van der Waals surface area contributed by atoms with Crippen LogP contribution in [0.5, 0.6) is 0 Å². The van der Waals surface area contributed by atoms with Crippen LogP contribution in [0.2, 0.25) is 0 Å². The molecule has 2 rings (SSSR count). The molecule has 20 heavy (non-hydrogen) atoms. The van der Waals surface area contributed by atoms with E-state index in [-0.39, 0.29) is 10.0 Å². The van der Waals surface area contributed by atoms with E-state index in [1.54, 1.807) is 13.8 Å². The number of thioether (sulfide) groups is 1. The van der Waals surface area contributed by atoms with Crippen LogP contribution in [-0.2, 0) is 9.53 Å². The minimum Gasteiger partial charge on any atom is -0.497 e. The monoisotopic (exact) mass is 315 g/mol. The van der Waals surface area contributed by atoms with Gasteiger partial charge < -0.3 is 4.74 Å². The standard InChI is InChI=1S/C13H11F2NO2S2/c1-3-18-7(2)11-12(17)16(13(19)20-11)10-5-4-8(14)6-9(10)15/h4-6H,3H2,1-2H3/b11-7-. The van der Waals surface area contributed by atoms with Crippen molar-refractivity contribution in [2.75, 3.05) is 11.5 Å². The lowest BCUT2D eigenvalue weighted by Gasteiger charge is -2.15. The molecule has 106 valence electrons. The summed E-state index contributed by atoms with van der Waals surface area (Å²) in [6.45, 7) is 3.86. The number of hydrogen-bond donors (Lipinski definition) is 0. The maximum atomic E-state index is 13.8. The summed E-state index contributed by atoms with van der Waals surface area (Å²) in [7, 11) is 0. The Kier molecular flexibility index (Phi) is 4.39. The summed E-state index contributed by atoms with van der Waals surface area (Å²) in [6.07, 6.45) is 0. The fourth-order valence-electron chi connectivity index (χ4n) is 1.74. The quantitative estimate of drug-likeness (QED) is 0.484. The number of anilines is 1. The minimum absolute atomic E-state index is 0.0619. The second-order valence-electron chi connectivity index (χ2n) is 3.92. The highest BCUT2D eigenvalue weighted by molar-refractivity contribution is 8.27. The predicted octanol–water partition coefficient (Wildman–Crippen LogP) is 3.60. The van der Waals surface area contributed by atoms with Gasteiger partial charge in [0.1, 0.15) is 22.3 Å². The molecule has 0 aromatic heterocycles. The summed E-state index contributed by atoms with van der Waals surface area (Å²) < 4.78 is 32.2. The first-order chi connectivity index (χ1) is 9.45. The first-order valence-corrected chi connectivity index (χ1v) is 7.03. The van der Waals surface area contributed by atoms with Gasteiger partial charge in [-0.1, -0.05) is 24.0 Å². The van der Waals surface area contributed by atoms with Crippen LogP contribution in [0.25, 0.3) is 0 Å². The van der Waals surface area contributed by atoms with Crippen molar-refractivity contribution < 1.29 is 18.3 Å². The zero-order valence-corrected chi connectivity index (χ0v) is 12.4. The summed E-state index contributed by atoms with van der Waals surface area (Å²) >= 11 is 6.13. The molecular formula is C13H11F2NO2S2. The molecule has 1 aliphatic rings. The molecule has 1 aromatic rings. The lowest BCUT2D eigenvalue weighted by molar-refractivity contribution is -0.113. The van der Waals surface area contributed by atoms with E-state index in [0.717, 1.165) is 22.7 Å². The minimum atomic E-state index is -0.836. The van der Waals surface area contributed by atoms with Crippen molar-refractivity contribution in [3.05, 3.63) is 40.5 Å². The Balaban J connectivity index is 2.41. The molecule has 0 bridgehead atoms. The Morgan fingerprint density at radius 3 is 2.75 bits per heavy atom. The van der Waals surface area contributed by atoms with Crippen LogP contribution in [0, 0.1) is 11.6 Å². The number of benzene rings is 1. The second-order valence-corrected chi connectivity index (χ2v) is 5.57. The molecule has 0 aliphatic carbocycles. The Labute approximate surface area is 124 Å². The number of rotatable bonds is 3. The fourth-order valence-corrected chi connectivity index (χ4v) is 3.00. The Morgan fingerprint density at radius 2 is 2.15 bits per heavy atom. The van der Waals surface area contributed by atoms with Crippen LogP contribution < -0.4 is 4.90 Å². The summed E-state index contributed by atoms with van der Waals surface area (Å²) in [5.41, 5.74) is -0.0619. The molecular weight excluding hydrogens is 304 g/mol. The van der Waals surface area contributed by atoms with Crippen LogP contribution >= 0.6 is 24.0 Å². The second kappa shape index (κ2) is 5.88. The number of ether oxygens (including phenoxy) is 1. The van der Waals surface area contributed by atoms with E-state index in [0.29, 0.717) is 23.3 Å². The van der Waals surface area contributed by atoms with Crippen molar-refractivity contribution in [3.8, 4) is 0 Å². The van der Waals surface area contributed by atoms with Crippen molar-refractivity contribution in [2.45, 2.75) is 13.8 Å². The number of halogens is 2. The number of carbonyl (C=O) groups excluding carboxylic acids is 1. The molecule has 1 amide bonds. The van der Waals surface area contributed by atoms with Gasteiger partial charge in [-0.05, 0) is 26.0 Å². The van der Waals surface area contributed by atoms with E-state index in [1.807, 2.05) is 0 Å². The number of thiocarbonyl (C=S) groups is 1. The lowest BCUT2D eigenvalue weighted by atomic mass is 10.2. The average molecular weight is 315 g/mol. The SMILES string of the molecule is CCO/C(C)=C1\SC(=S)N(c2ccc(F)cc2F)C1=O. The van der Waals surface area contributed by atoms with Crippen molar-refractivity contribution in [1.29, 1.82) is 0 Å². The Bertz CT molecular complexity index is 616. The molecule has 0 spiro atoms. The van der Waals surface area contributed by atoms with E-state index in [2.05, 4.69) is 0 Å². The van der Waals surface area contributed by atoms with E-state index < -0.39 is 17.5 Å². The van der Waals surface area contributed by atoms with Crippen LogP contribution in [0.15, 0.2) is 28.9 Å².